The second kappa shape index (κ2) is 8.58. The molecule has 1 amide bonds. The van der Waals surface area contributed by atoms with E-state index in [2.05, 4.69) is 22.3 Å². The van der Waals surface area contributed by atoms with Crippen molar-refractivity contribution in [3.05, 3.63) is 70.4 Å². The van der Waals surface area contributed by atoms with Gasteiger partial charge in [0.1, 0.15) is 6.54 Å². The van der Waals surface area contributed by atoms with Gasteiger partial charge in [0, 0.05) is 17.8 Å². The summed E-state index contributed by atoms with van der Waals surface area (Å²) in [6.45, 7) is 3.85. The lowest BCUT2D eigenvalue weighted by Crippen LogP contribution is -2.36. The van der Waals surface area contributed by atoms with Gasteiger partial charge in [-0.3, -0.25) is 14.6 Å². The monoisotopic (exact) mass is 364 g/mol. The first-order valence-corrected chi connectivity index (χ1v) is 9.26. The summed E-state index contributed by atoms with van der Waals surface area (Å²) < 4.78 is 1.24. The zero-order valence-corrected chi connectivity index (χ0v) is 15.7. The summed E-state index contributed by atoms with van der Waals surface area (Å²) in [6.07, 6.45) is 6.34. The lowest BCUT2D eigenvalue weighted by Gasteiger charge is -2.19. The maximum Gasteiger partial charge on any atom is 0.275 e. The van der Waals surface area contributed by atoms with Crippen LogP contribution in [0.15, 0.2) is 53.6 Å². The molecule has 6 heteroatoms. The van der Waals surface area contributed by atoms with E-state index in [4.69, 9.17) is 0 Å². The van der Waals surface area contributed by atoms with Gasteiger partial charge in [0.25, 0.3) is 5.56 Å². The number of hydrogen-bond acceptors (Lipinski definition) is 4. The minimum Gasteiger partial charge on any atom is -0.348 e. The third-order valence-electron chi connectivity index (χ3n) is 4.61. The Morgan fingerprint density at radius 3 is 2.67 bits per heavy atom. The van der Waals surface area contributed by atoms with Crippen molar-refractivity contribution >= 4 is 16.7 Å². The second-order valence-electron chi connectivity index (χ2n) is 6.64. The van der Waals surface area contributed by atoms with Gasteiger partial charge in [-0.15, -0.1) is 0 Å². The third-order valence-corrected chi connectivity index (χ3v) is 4.61. The van der Waals surface area contributed by atoms with Crippen LogP contribution < -0.4 is 10.9 Å². The van der Waals surface area contributed by atoms with Gasteiger partial charge in [-0.2, -0.15) is 5.10 Å². The molecule has 3 rings (SSSR count). The highest BCUT2D eigenvalue weighted by molar-refractivity contribution is 5.83. The van der Waals surface area contributed by atoms with Crippen molar-refractivity contribution in [2.45, 2.75) is 45.7 Å². The van der Waals surface area contributed by atoms with Crippen LogP contribution in [0.2, 0.25) is 0 Å². The van der Waals surface area contributed by atoms with Crippen LogP contribution in [-0.4, -0.2) is 20.7 Å². The number of hydrogen-bond donors (Lipinski definition) is 1. The van der Waals surface area contributed by atoms with Gasteiger partial charge in [-0.1, -0.05) is 44.0 Å². The smallest absolute Gasteiger partial charge is 0.275 e. The highest BCUT2D eigenvalue weighted by Gasteiger charge is 2.16. The largest absolute Gasteiger partial charge is 0.348 e. The number of aromatic nitrogens is 3. The molecule has 3 aromatic rings. The van der Waals surface area contributed by atoms with E-state index >= 15 is 0 Å². The SMILES string of the molecule is CCCC[C@H](NC(=O)Cn1nc(C)c2ccccc2c1=O)c1cccnc1. The highest BCUT2D eigenvalue weighted by Crippen LogP contribution is 2.18. The molecule has 0 radical (unpaired) electrons. The van der Waals surface area contributed by atoms with Crippen LogP contribution in [0.3, 0.4) is 0 Å². The maximum atomic E-state index is 12.7. The predicted molar refractivity (Wildman–Crippen MR) is 105 cm³/mol. The van der Waals surface area contributed by atoms with Crippen molar-refractivity contribution in [3.8, 4) is 0 Å². The number of carbonyl (C=O) groups is 1. The van der Waals surface area contributed by atoms with Crippen molar-refractivity contribution < 1.29 is 4.79 Å². The van der Waals surface area contributed by atoms with Crippen LogP contribution >= 0.6 is 0 Å². The number of fused-ring (bicyclic) bond motifs is 1. The fourth-order valence-electron chi connectivity index (χ4n) is 3.20. The molecular formula is C21H24N4O2. The Labute approximate surface area is 158 Å². The highest BCUT2D eigenvalue weighted by atomic mass is 16.2. The average molecular weight is 364 g/mol. The Hall–Kier alpha value is -3.02. The zero-order valence-electron chi connectivity index (χ0n) is 15.7. The Morgan fingerprint density at radius 1 is 1.19 bits per heavy atom. The Balaban J connectivity index is 1.81. The molecule has 0 unspecified atom stereocenters. The van der Waals surface area contributed by atoms with E-state index in [0.29, 0.717) is 5.39 Å². The molecule has 0 aliphatic rings. The number of amides is 1. The van der Waals surface area contributed by atoms with E-state index in [0.717, 1.165) is 35.9 Å². The van der Waals surface area contributed by atoms with Crippen LogP contribution in [-0.2, 0) is 11.3 Å². The summed E-state index contributed by atoms with van der Waals surface area (Å²) in [4.78, 5) is 29.4. The molecule has 0 saturated carbocycles. The summed E-state index contributed by atoms with van der Waals surface area (Å²) in [5.74, 6) is -0.232. The summed E-state index contributed by atoms with van der Waals surface area (Å²) >= 11 is 0. The molecule has 0 saturated heterocycles. The number of benzene rings is 1. The van der Waals surface area contributed by atoms with Crippen molar-refractivity contribution in [1.29, 1.82) is 0 Å². The van der Waals surface area contributed by atoms with E-state index in [-0.39, 0.29) is 24.1 Å². The minimum absolute atomic E-state index is 0.104. The van der Waals surface area contributed by atoms with Crippen molar-refractivity contribution in [1.82, 2.24) is 20.1 Å². The number of pyridine rings is 1. The molecule has 1 atom stereocenters. The normalized spacial score (nSPS) is 12.1. The quantitative estimate of drug-likeness (QED) is 0.699. The Kier molecular flexibility index (Phi) is 5.96. The third kappa shape index (κ3) is 4.39. The lowest BCUT2D eigenvalue weighted by atomic mass is 10.0. The van der Waals surface area contributed by atoms with Crippen LogP contribution in [0.5, 0.6) is 0 Å². The summed E-state index contributed by atoms with van der Waals surface area (Å²) in [5, 5.41) is 8.74. The number of nitrogens with one attached hydrogen (secondary N) is 1. The fourth-order valence-corrected chi connectivity index (χ4v) is 3.20. The van der Waals surface area contributed by atoms with Crippen LogP contribution in [0.25, 0.3) is 10.8 Å². The fraction of sp³-hybridized carbons (Fsp3) is 0.333. The topological polar surface area (TPSA) is 76.9 Å². The zero-order chi connectivity index (χ0) is 19.2. The van der Waals surface area contributed by atoms with Crippen molar-refractivity contribution in [2.24, 2.45) is 0 Å². The van der Waals surface area contributed by atoms with E-state index in [9.17, 15) is 9.59 Å². The molecule has 1 N–H and O–H groups in total. The average Bonchev–Trinajstić information content (AvgIpc) is 2.70. The Bertz CT molecular complexity index is 982. The van der Waals surface area contributed by atoms with Crippen molar-refractivity contribution in [3.63, 3.8) is 0 Å². The van der Waals surface area contributed by atoms with E-state index < -0.39 is 0 Å². The first kappa shape index (κ1) is 18.8. The Morgan fingerprint density at radius 2 is 1.96 bits per heavy atom. The number of rotatable bonds is 7. The molecule has 27 heavy (non-hydrogen) atoms. The minimum atomic E-state index is -0.252. The van der Waals surface area contributed by atoms with Gasteiger partial charge in [0.05, 0.1) is 17.1 Å². The molecule has 0 fully saturated rings. The molecule has 0 aliphatic heterocycles. The number of aryl methyl sites for hydroxylation is 1. The van der Waals surface area contributed by atoms with E-state index in [1.165, 1.54) is 4.68 Å². The van der Waals surface area contributed by atoms with Gasteiger partial charge < -0.3 is 5.32 Å². The molecule has 0 spiro atoms. The van der Waals surface area contributed by atoms with E-state index in [1.54, 1.807) is 18.5 Å². The summed E-state index contributed by atoms with van der Waals surface area (Å²) in [6, 6.07) is 11.0. The summed E-state index contributed by atoms with van der Waals surface area (Å²) in [5.41, 5.74) is 1.44. The van der Waals surface area contributed by atoms with Crippen LogP contribution in [0.4, 0.5) is 0 Å². The van der Waals surface area contributed by atoms with Gasteiger partial charge in [0.2, 0.25) is 5.91 Å². The molecular weight excluding hydrogens is 340 g/mol. The van der Waals surface area contributed by atoms with E-state index in [1.807, 2.05) is 37.3 Å². The number of unbranched alkanes of at least 4 members (excludes halogenated alkanes) is 1. The maximum absolute atomic E-state index is 12.7. The second-order valence-corrected chi connectivity index (χ2v) is 6.64. The molecule has 0 aliphatic carbocycles. The first-order chi connectivity index (χ1) is 13.1. The number of carbonyl (C=O) groups excluding carboxylic acids is 1. The van der Waals surface area contributed by atoms with Crippen LogP contribution in [0.1, 0.15) is 43.5 Å². The van der Waals surface area contributed by atoms with Crippen molar-refractivity contribution in [2.75, 3.05) is 0 Å². The molecule has 2 aromatic heterocycles. The molecule has 140 valence electrons. The molecule has 1 aromatic carbocycles. The van der Waals surface area contributed by atoms with Gasteiger partial charge in [0.15, 0.2) is 0 Å². The van der Waals surface area contributed by atoms with Gasteiger partial charge in [-0.25, -0.2) is 4.68 Å². The standard InChI is InChI=1S/C21H24N4O2/c1-3-4-11-19(16-8-7-12-22-13-16)23-20(26)14-25-21(27)18-10-6-5-9-17(18)15(2)24-25/h5-10,12-13,19H,3-4,11,14H2,1-2H3,(H,23,26)/t19-/m0/s1. The predicted octanol–water partition coefficient (Wildman–Crippen LogP) is 3.15. The first-order valence-electron chi connectivity index (χ1n) is 9.26. The molecule has 6 nitrogen and oxygen atoms in total. The molecule has 2 heterocycles. The molecule has 0 bridgehead atoms. The van der Waals surface area contributed by atoms with Gasteiger partial charge >= 0.3 is 0 Å². The van der Waals surface area contributed by atoms with Crippen LogP contribution in [0, 0.1) is 6.92 Å². The number of nitrogens with zero attached hydrogens (tertiary/aromatic N) is 3. The summed E-state index contributed by atoms with van der Waals surface area (Å²) in [7, 11) is 0. The van der Waals surface area contributed by atoms with Gasteiger partial charge in [-0.05, 0) is 31.0 Å². The lowest BCUT2D eigenvalue weighted by molar-refractivity contribution is -0.122.